The number of likely N-dealkylation sites (tertiary alicyclic amines) is 1. The van der Waals surface area contributed by atoms with Gasteiger partial charge in [0.05, 0.1) is 25.4 Å². The Morgan fingerprint density at radius 2 is 2.11 bits per heavy atom. The van der Waals surface area contributed by atoms with Crippen molar-refractivity contribution in [3.63, 3.8) is 0 Å². The van der Waals surface area contributed by atoms with Crippen molar-refractivity contribution in [1.29, 1.82) is 0 Å². The number of aldehydes is 1. The number of hydrogen-bond acceptors (Lipinski definition) is 6. The van der Waals surface area contributed by atoms with Gasteiger partial charge in [-0.05, 0) is 36.5 Å². The molecule has 2 fully saturated rings. The summed E-state index contributed by atoms with van der Waals surface area (Å²) in [6.07, 6.45) is 1.66. The van der Waals surface area contributed by atoms with Crippen molar-refractivity contribution >= 4 is 24.0 Å². The van der Waals surface area contributed by atoms with Crippen LogP contribution in [0, 0.1) is 11.7 Å². The van der Waals surface area contributed by atoms with Gasteiger partial charge in [-0.25, -0.2) is 9.18 Å². The van der Waals surface area contributed by atoms with E-state index in [0.29, 0.717) is 43.5 Å². The fourth-order valence-electron chi connectivity index (χ4n) is 3.34. The molecule has 0 spiro atoms. The molecule has 0 atom stereocenters. The van der Waals surface area contributed by atoms with Crippen LogP contribution in [0.3, 0.4) is 0 Å². The number of nitrogens with zero attached hydrogens (tertiary/aromatic N) is 1. The first-order valence-electron chi connectivity index (χ1n) is 9.16. The van der Waals surface area contributed by atoms with Gasteiger partial charge in [-0.3, -0.25) is 0 Å². The first-order valence-corrected chi connectivity index (χ1v) is 9.54. The molecule has 0 radical (unpaired) electrons. The molecule has 1 saturated carbocycles. The zero-order valence-corrected chi connectivity index (χ0v) is 16.2. The summed E-state index contributed by atoms with van der Waals surface area (Å²) >= 11 is 5.96. The first kappa shape index (κ1) is 21.0. The molecule has 154 valence electrons. The lowest BCUT2D eigenvalue weighted by molar-refractivity contribution is -0.113. The van der Waals surface area contributed by atoms with Crippen molar-refractivity contribution in [3.8, 4) is 0 Å². The van der Waals surface area contributed by atoms with Gasteiger partial charge in [0.2, 0.25) is 0 Å². The third kappa shape index (κ3) is 5.41. The zero-order valence-electron chi connectivity index (χ0n) is 15.4. The Labute approximate surface area is 167 Å². The fourth-order valence-corrected chi connectivity index (χ4v) is 3.56. The van der Waals surface area contributed by atoms with E-state index in [4.69, 9.17) is 31.5 Å². The van der Waals surface area contributed by atoms with E-state index >= 15 is 0 Å². The highest BCUT2D eigenvalue weighted by Gasteiger charge is 2.44. The maximum absolute atomic E-state index is 13.0. The molecule has 28 heavy (non-hydrogen) atoms. The minimum atomic E-state index is -0.611. The minimum absolute atomic E-state index is 0.00228. The predicted molar refractivity (Wildman–Crippen MR) is 99.4 cm³/mol. The lowest BCUT2D eigenvalue weighted by atomic mass is 9.83. The molecule has 1 aromatic carbocycles. The maximum atomic E-state index is 13.0. The lowest BCUT2D eigenvalue weighted by Crippen LogP contribution is -2.71. The molecular formula is C19H24ClFN2O5. The number of ether oxygens (including phenoxy) is 3. The quantitative estimate of drug-likeness (QED) is 0.491. The minimum Gasteiger partial charge on any atom is -0.446 e. The summed E-state index contributed by atoms with van der Waals surface area (Å²) in [6, 6.07) is 4.22. The zero-order chi connectivity index (χ0) is 20.1. The molecule has 0 unspecified atom stereocenters. The smallest absolute Gasteiger partial charge is 0.410 e. The van der Waals surface area contributed by atoms with Crippen LogP contribution in [0.1, 0.15) is 18.4 Å². The Kier molecular flexibility index (Phi) is 6.87. The van der Waals surface area contributed by atoms with Crippen molar-refractivity contribution in [3.05, 3.63) is 34.6 Å². The van der Waals surface area contributed by atoms with Gasteiger partial charge in [0.15, 0.2) is 0 Å². The second kappa shape index (κ2) is 9.17. The van der Waals surface area contributed by atoms with Gasteiger partial charge in [0.25, 0.3) is 0 Å². The van der Waals surface area contributed by atoms with E-state index in [1.54, 1.807) is 6.07 Å². The maximum Gasteiger partial charge on any atom is 0.410 e. The van der Waals surface area contributed by atoms with Crippen LogP contribution in [-0.4, -0.2) is 61.8 Å². The van der Waals surface area contributed by atoms with Gasteiger partial charge in [0.1, 0.15) is 24.8 Å². The van der Waals surface area contributed by atoms with Crippen LogP contribution in [0.4, 0.5) is 9.18 Å². The molecular weight excluding hydrogens is 391 g/mol. The molecule has 1 aromatic rings. The fraction of sp³-hybridized carbons (Fsp3) is 0.579. The number of hydrogen-bond donors (Lipinski definition) is 1. The van der Waals surface area contributed by atoms with Crippen LogP contribution in [0.25, 0.3) is 0 Å². The Balaban J connectivity index is 1.28. The Bertz CT molecular complexity index is 708. The van der Waals surface area contributed by atoms with Gasteiger partial charge in [-0.1, -0.05) is 17.7 Å². The highest BCUT2D eigenvalue weighted by Crippen LogP contribution is 2.32. The van der Waals surface area contributed by atoms with E-state index in [9.17, 15) is 14.0 Å². The second-order valence-electron chi connectivity index (χ2n) is 7.49. The molecule has 1 aliphatic heterocycles. The van der Waals surface area contributed by atoms with E-state index < -0.39 is 5.54 Å². The highest BCUT2D eigenvalue weighted by molar-refractivity contribution is 6.31. The SMILES string of the molecule is NC1(COCC=O)CN(C(=O)O[C@H]2C[C@@H](COCc3ccc(F)cc3Cl)C2)C1. The average Bonchev–Trinajstić information content (AvgIpc) is 2.59. The van der Waals surface area contributed by atoms with Crippen LogP contribution in [0.2, 0.25) is 5.02 Å². The summed E-state index contributed by atoms with van der Waals surface area (Å²) in [4.78, 5) is 23.9. The largest absolute Gasteiger partial charge is 0.446 e. The monoisotopic (exact) mass is 414 g/mol. The van der Waals surface area contributed by atoms with Gasteiger partial charge in [-0.2, -0.15) is 0 Å². The summed E-state index contributed by atoms with van der Waals surface area (Å²) < 4.78 is 29.2. The summed E-state index contributed by atoms with van der Waals surface area (Å²) in [6.45, 7) is 1.79. The number of amides is 1. The predicted octanol–water partition coefficient (Wildman–Crippen LogP) is 2.14. The van der Waals surface area contributed by atoms with Gasteiger partial charge >= 0.3 is 6.09 Å². The number of carbonyl (C=O) groups is 2. The molecule has 0 aromatic heterocycles. The molecule has 3 rings (SSSR count). The number of benzene rings is 1. The van der Waals surface area contributed by atoms with Crippen molar-refractivity contribution in [1.82, 2.24) is 4.90 Å². The molecule has 1 saturated heterocycles. The number of rotatable bonds is 9. The van der Waals surface area contributed by atoms with Crippen molar-refractivity contribution in [2.45, 2.75) is 31.1 Å². The summed E-state index contributed by atoms with van der Waals surface area (Å²) in [5.41, 5.74) is 6.19. The van der Waals surface area contributed by atoms with Crippen LogP contribution in [0.5, 0.6) is 0 Å². The molecule has 1 amide bonds. The van der Waals surface area contributed by atoms with Gasteiger partial charge in [-0.15, -0.1) is 0 Å². The Morgan fingerprint density at radius 3 is 2.79 bits per heavy atom. The van der Waals surface area contributed by atoms with Crippen LogP contribution < -0.4 is 5.73 Å². The standard InChI is InChI=1S/C19H24ClFN2O5/c20-17-7-15(21)2-1-14(17)9-27-8-13-5-16(6-13)28-18(25)23-10-19(22,11-23)12-26-4-3-24/h1-3,7,13,16H,4-6,8-12,22H2/t13-,16+. The average molecular weight is 415 g/mol. The molecule has 9 heteroatoms. The molecule has 1 heterocycles. The highest BCUT2D eigenvalue weighted by atomic mass is 35.5. The van der Waals surface area contributed by atoms with Gasteiger partial charge in [0, 0.05) is 18.1 Å². The van der Waals surface area contributed by atoms with Gasteiger partial charge < -0.3 is 29.6 Å². The molecule has 2 N–H and O–H groups in total. The number of carbonyl (C=O) groups excluding carboxylic acids is 2. The third-order valence-electron chi connectivity index (χ3n) is 4.93. The normalized spacial score (nSPS) is 22.9. The van der Waals surface area contributed by atoms with Crippen molar-refractivity contribution in [2.75, 3.05) is 32.9 Å². The third-order valence-corrected chi connectivity index (χ3v) is 5.28. The van der Waals surface area contributed by atoms with Crippen molar-refractivity contribution in [2.24, 2.45) is 11.7 Å². The molecule has 1 aliphatic carbocycles. The molecule has 0 bridgehead atoms. The van der Waals surface area contributed by atoms with Crippen LogP contribution in [0.15, 0.2) is 18.2 Å². The summed E-state index contributed by atoms with van der Waals surface area (Å²) in [5, 5.41) is 0.350. The number of nitrogens with two attached hydrogens (primary N) is 1. The van der Waals surface area contributed by atoms with Crippen molar-refractivity contribution < 1.29 is 28.2 Å². The topological polar surface area (TPSA) is 91.1 Å². The lowest BCUT2D eigenvalue weighted by Gasteiger charge is -2.47. The van der Waals surface area contributed by atoms with E-state index in [1.165, 1.54) is 17.0 Å². The van der Waals surface area contributed by atoms with E-state index in [1.807, 2.05) is 0 Å². The van der Waals surface area contributed by atoms with E-state index in [-0.39, 0.29) is 31.2 Å². The first-order chi connectivity index (χ1) is 13.4. The van der Waals surface area contributed by atoms with E-state index in [0.717, 1.165) is 18.4 Å². The Hall–Kier alpha value is -1.74. The van der Waals surface area contributed by atoms with Crippen LogP contribution in [-0.2, 0) is 25.6 Å². The molecule has 2 aliphatic rings. The van der Waals surface area contributed by atoms with E-state index in [2.05, 4.69) is 0 Å². The second-order valence-corrected chi connectivity index (χ2v) is 7.90. The van der Waals surface area contributed by atoms with Crippen LogP contribution >= 0.6 is 11.6 Å². The summed E-state index contributed by atoms with van der Waals surface area (Å²) in [5.74, 6) is -0.0567. The number of halogens is 2. The molecule has 7 nitrogen and oxygen atoms in total. The summed E-state index contributed by atoms with van der Waals surface area (Å²) in [7, 11) is 0. The Morgan fingerprint density at radius 1 is 1.36 bits per heavy atom.